The van der Waals surface area contributed by atoms with Crippen molar-refractivity contribution >= 4 is 13.7 Å². The smallest absolute Gasteiger partial charge is 0.387 e. The van der Waals surface area contributed by atoms with Gasteiger partial charge < -0.3 is 19.8 Å². The predicted molar refractivity (Wildman–Crippen MR) is 318 cm³/mol. The molecule has 73 heavy (non-hydrogen) atoms. The maximum atomic E-state index is 13.0. The van der Waals surface area contributed by atoms with Crippen molar-refractivity contribution in [1.29, 1.82) is 0 Å². The zero-order valence-corrected chi connectivity index (χ0v) is 48.5. The van der Waals surface area contributed by atoms with Gasteiger partial charge in [0.25, 0.3) is 0 Å². The lowest BCUT2D eigenvalue weighted by Gasteiger charge is -2.25. The van der Waals surface area contributed by atoms with Crippen molar-refractivity contribution in [2.45, 2.75) is 238 Å². The summed E-state index contributed by atoms with van der Waals surface area (Å²) in [6.45, 7) is 4.66. The number of aliphatic hydroxyl groups excluding tert-OH is 1. The monoisotopic (exact) mass is 1040 g/mol. The largest absolute Gasteiger partial charge is 0.472 e. The van der Waals surface area contributed by atoms with Crippen molar-refractivity contribution in [2.24, 2.45) is 0 Å². The molecule has 3 atom stereocenters. The highest BCUT2D eigenvalue weighted by Gasteiger charge is 2.27. The molecule has 0 spiro atoms. The van der Waals surface area contributed by atoms with E-state index < -0.39 is 20.0 Å². The Morgan fingerprint density at radius 2 is 0.836 bits per heavy atom. The number of nitrogens with zero attached hydrogens (tertiary/aromatic N) is 1. The fourth-order valence-electron chi connectivity index (χ4n) is 7.84. The van der Waals surface area contributed by atoms with Crippen LogP contribution in [0.3, 0.4) is 0 Å². The number of quaternary nitrogens is 1. The second-order valence-electron chi connectivity index (χ2n) is 20.6. The van der Waals surface area contributed by atoms with Gasteiger partial charge in [-0.2, -0.15) is 0 Å². The van der Waals surface area contributed by atoms with Crippen LogP contribution in [0.5, 0.6) is 0 Å². The van der Waals surface area contributed by atoms with Gasteiger partial charge in [0.1, 0.15) is 13.2 Å². The number of carbonyl (C=O) groups is 1. The third kappa shape index (κ3) is 56.5. The first-order chi connectivity index (χ1) is 35.5. The van der Waals surface area contributed by atoms with Gasteiger partial charge in [0.05, 0.1) is 39.9 Å². The first-order valence-corrected chi connectivity index (χ1v) is 30.9. The lowest BCUT2D eigenvalue weighted by Crippen LogP contribution is -2.45. The van der Waals surface area contributed by atoms with Crippen LogP contribution in [0.25, 0.3) is 0 Å². The molecule has 0 radical (unpaired) electrons. The Labute approximate surface area is 450 Å². The maximum absolute atomic E-state index is 13.0. The number of hydrogen-bond acceptors (Lipinski definition) is 5. The zero-order valence-electron chi connectivity index (χ0n) is 47.6. The van der Waals surface area contributed by atoms with E-state index in [0.29, 0.717) is 17.4 Å². The Morgan fingerprint density at radius 3 is 1.26 bits per heavy atom. The minimum absolute atomic E-state index is 0.0464. The molecule has 3 unspecified atom stereocenters. The van der Waals surface area contributed by atoms with Gasteiger partial charge >= 0.3 is 7.82 Å². The van der Waals surface area contributed by atoms with E-state index >= 15 is 0 Å². The van der Waals surface area contributed by atoms with E-state index in [-0.39, 0.29) is 19.1 Å². The number of unbranched alkanes of at least 4 members (excludes halogenated alkanes) is 21. The number of likely N-dealkylation sites (N-methyl/N-ethyl adjacent to an activating group) is 1. The minimum Gasteiger partial charge on any atom is -0.387 e. The summed E-state index contributed by atoms with van der Waals surface area (Å²) in [7, 11) is 1.53. The molecule has 0 aliphatic rings. The van der Waals surface area contributed by atoms with Crippen LogP contribution in [0.2, 0.25) is 0 Å². The van der Waals surface area contributed by atoms with Crippen molar-refractivity contribution in [2.75, 3.05) is 40.9 Å². The van der Waals surface area contributed by atoms with Crippen LogP contribution in [-0.2, 0) is 18.4 Å². The molecule has 0 heterocycles. The number of aliphatic hydroxyl groups is 1. The molecular weight excluding hydrogens is 924 g/mol. The molecule has 418 valence electrons. The quantitative estimate of drug-likeness (QED) is 0.0243. The van der Waals surface area contributed by atoms with Crippen molar-refractivity contribution in [1.82, 2.24) is 5.32 Å². The zero-order chi connectivity index (χ0) is 53.5. The van der Waals surface area contributed by atoms with E-state index in [1.165, 1.54) is 96.3 Å². The van der Waals surface area contributed by atoms with Gasteiger partial charge in [-0.05, 0) is 96.3 Å². The first-order valence-electron chi connectivity index (χ1n) is 29.4. The summed E-state index contributed by atoms with van der Waals surface area (Å²) in [4.78, 5) is 23.3. The lowest BCUT2D eigenvalue weighted by atomic mass is 10.0. The van der Waals surface area contributed by atoms with Crippen molar-refractivity contribution in [3.05, 3.63) is 122 Å². The van der Waals surface area contributed by atoms with E-state index in [4.69, 9.17) is 9.05 Å². The predicted octanol–water partition coefficient (Wildman–Crippen LogP) is 18.1. The van der Waals surface area contributed by atoms with E-state index in [1.807, 2.05) is 27.2 Å². The molecule has 0 saturated heterocycles. The fraction of sp³-hybridized carbons (Fsp3) is 0.672. The molecule has 0 saturated carbocycles. The van der Waals surface area contributed by atoms with Crippen LogP contribution in [0.15, 0.2) is 122 Å². The highest BCUT2D eigenvalue weighted by atomic mass is 31.2. The van der Waals surface area contributed by atoms with Crippen molar-refractivity contribution < 1.29 is 32.9 Å². The van der Waals surface area contributed by atoms with Crippen LogP contribution in [0, 0.1) is 0 Å². The van der Waals surface area contributed by atoms with Crippen molar-refractivity contribution in [3.8, 4) is 0 Å². The Balaban J connectivity index is 4.31. The number of allylic oxidation sites excluding steroid dienone is 19. The average Bonchev–Trinajstić information content (AvgIpc) is 3.35. The number of nitrogens with one attached hydrogen (secondary N) is 1. The van der Waals surface area contributed by atoms with E-state index in [0.717, 1.165) is 109 Å². The minimum atomic E-state index is -4.37. The summed E-state index contributed by atoms with van der Waals surface area (Å²) in [5, 5.41) is 13.9. The van der Waals surface area contributed by atoms with Crippen LogP contribution >= 0.6 is 7.82 Å². The van der Waals surface area contributed by atoms with Crippen molar-refractivity contribution in [3.63, 3.8) is 0 Å². The average molecular weight is 1040 g/mol. The maximum Gasteiger partial charge on any atom is 0.472 e. The number of rotatable bonds is 52. The molecule has 0 aromatic heterocycles. The van der Waals surface area contributed by atoms with Gasteiger partial charge in [0.2, 0.25) is 5.91 Å². The van der Waals surface area contributed by atoms with Gasteiger partial charge in [-0.15, -0.1) is 0 Å². The van der Waals surface area contributed by atoms with Gasteiger partial charge in [0, 0.05) is 6.42 Å². The summed E-state index contributed by atoms with van der Waals surface area (Å²) < 4.78 is 23.7. The summed E-state index contributed by atoms with van der Waals surface area (Å²) in [5.74, 6) is -0.206. The summed E-state index contributed by atoms with van der Waals surface area (Å²) in [5.41, 5.74) is 0. The van der Waals surface area contributed by atoms with Gasteiger partial charge in [-0.3, -0.25) is 13.8 Å². The number of amides is 1. The van der Waals surface area contributed by atoms with E-state index in [9.17, 15) is 19.4 Å². The molecule has 1 amide bonds. The normalized spacial score (nSPS) is 14.8. The molecule has 3 N–H and O–H groups in total. The second-order valence-corrected chi connectivity index (χ2v) is 22.1. The standard InChI is InChI=1S/C64H111N2O6P/c1-6-8-10-12-14-16-18-20-22-24-26-28-29-30-31-32-33-34-35-36-37-38-40-42-44-46-48-50-52-54-56-58-64(68)65-62(61-72-73(69,70)71-60-59-66(3,4)5)63(67)57-55-53-51-49-47-45-43-41-39-27-25-23-21-19-17-15-13-11-9-7-2/h8,10,14,16,20,22,26,28,30-31,33-34,36-37,40,42,47,49,55,57,62-63,67H,6-7,9,11-13,15,17-19,21,23-25,27,29,32,35,38-39,41,43-46,48,50-54,56,58-61H2,1-5H3,(H-,65,68,69,70)/p+1/b10-8-,16-14-,22-20-,28-26-,31-30-,34-33-,37-36-,42-40-,49-47+,57-55+. The first kappa shape index (κ1) is 69.9. The number of hydrogen-bond donors (Lipinski definition) is 3. The fourth-order valence-corrected chi connectivity index (χ4v) is 8.57. The Hall–Kier alpha value is -3.10. The highest BCUT2D eigenvalue weighted by Crippen LogP contribution is 2.43. The molecule has 0 fully saturated rings. The Bertz CT molecular complexity index is 1600. The van der Waals surface area contributed by atoms with Crippen LogP contribution in [0.4, 0.5) is 0 Å². The van der Waals surface area contributed by atoms with Crippen LogP contribution in [0.1, 0.15) is 226 Å². The van der Waals surface area contributed by atoms with Gasteiger partial charge in [0.15, 0.2) is 0 Å². The van der Waals surface area contributed by atoms with E-state index in [2.05, 4.69) is 129 Å². The van der Waals surface area contributed by atoms with Gasteiger partial charge in [-0.25, -0.2) is 4.57 Å². The summed E-state index contributed by atoms with van der Waals surface area (Å²) in [6.07, 6.45) is 80.1. The Kier molecular flexibility index (Phi) is 51.4. The number of phosphoric acid groups is 1. The SMILES string of the molecule is CC/C=C\C/C=C\C/C=C\C/C=C\C/C=C\C/C=C\C/C=C\C/C=C\CCCCCCCCC(=O)NC(COP(=O)(O)OCC[N+](C)(C)C)C(O)/C=C/CC/C=C/CCCCCCCCCCCCCCCC. The van der Waals surface area contributed by atoms with Gasteiger partial charge in [-0.1, -0.05) is 245 Å². The summed E-state index contributed by atoms with van der Waals surface area (Å²) in [6, 6.07) is -0.881. The molecule has 0 aliphatic carbocycles. The molecule has 0 aromatic carbocycles. The van der Waals surface area contributed by atoms with E-state index in [1.54, 1.807) is 6.08 Å². The second kappa shape index (κ2) is 53.7. The number of carbonyl (C=O) groups excluding carboxylic acids is 1. The van der Waals surface area contributed by atoms with Crippen LogP contribution in [-0.4, -0.2) is 73.4 Å². The topological polar surface area (TPSA) is 105 Å². The third-order valence-corrected chi connectivity index (χ3v) is 13.4. The third-order valence-electron chi connectivity index (χ3n) is 12.4. The molecular formula is C64H112N2O6P+. The molecule has 0 rings (SSSR count). The summed E-state index contributed by atoms with van der Waals surface area (Å²) >= 11 is 0. The lowest BCUT2D eigenvalue weighted by molar-refractivity contribution is -0.870. The molecule has 0 aromatic rings. The number of phosphoric ester groups is 1. The molecule has 0 bridgehead atoms. The van der Waals surface area contributed by atoms with Crippen LogP contribution < -0.4 is 5.32 Å². The molecule has 8 nitrogen and oxygen atoms in total. The Morgan fingerprint density at radius 1 is 0.479 bits per heavy atom. The molecule has 9 heteroatoms. The highest BCUT2D eigenvalue weighted by molar-refractivity contribution is 7.47. The molecule has 0 aliphatic heterocycles.